The van der Waals surface area contributed by atoms with Crippen molar-refractivity contribution in [3.63, 3.8) is 0 Å². The minimum absolute atomic E-state index is 0.109. The van der Waals surface area contributed by atoms with Crippen molar-refractivity contribution in [3.8, 4) is 0 Å². The number of phosphoric ester groups is 2. The van der Waals surface area contributed by atoms with Crippen molar-refractivity contribution in [3.05, 3.63) is 0 Å². The van der Waals surface area contributed by atoms with Gasteiger partial charge in [-0.3, -0.25) is 37.3 Å². The molecule has 0 radical (unpaired) electrons. The molecule has 0 aliphatic carbocycles. The highest BCUT2D eigenvalue weighted by Gasteiger charge is 2.31. The Labute approximate surface area is 696 Å². The van der Waals surface area contributed by atoms with Gasteiger partial charge in [0.2, 0.25) is 0 Å². The average molecular weight is 1650 g/mol. The molecule has 17 nitrogen and oxygen atoms in total. The summed E-state index contributed by atoms with van der Waals surface area (Å²) in [6.07, 6.45) is 80.7. The highest BCUT2D eigenvalue weighted by Crippen LogP contribution is 2.45. The number of rotatable bonds is 93. The van der Waals surface area contributed by atoms with Gasteiger partial charge in [0, 0.05) is 25.7 Å². The predicted molar refractivity (Wildman–Crippen MR) is 469 cm³/mol. The van der Waals surface area contributed by atoms with E-state index in [9.17, 15) is 43.2 Å². The van der Waals surface area contributed by atoms with Crippen LogP contribution in [0.15, 0.2) is 0 Å². The first kappa shape index (κ1) is 111. The maximum Gasteiger partial charge on any atom is 0.472 e. The van der Waals surface area contributed by atoms with Gasteiger partial charge < -0.3 is 33.8 Å². The van der Waals surface area contributed by atoms with Gasteiger partial charge in [-0.15, -0.1) is 0 Å². The third-order valence-electron chi connectivity index (χ3n) is 22.6. The molecule has 19 heteroatoms. The molecule has 3 unspecified atom stereocenters. The van der Waals surface area contributed by atoms with Gasteiger partial charge in [0.1, 0.15) is 19.3 Å². The fraction of sp³-hybridized carbons (Fsp3) is 0.957. The van der Waals surface area contributed by atoms with E-state index < -0.39 is 97.5 Å². The average Bonchev–Trinajstić information content (AvgIpc) is 0.895. The Bertz CT molecular complexity index is 2150. The molecule has 0 bridgehead atoms. The van der Waals surface area contributed by atoms with Gasteiger partial charge in [-0.1, -0.05) is 459 Å². The van der Waals surface area contributed by atoms with E-state index in [-0.39, 0.29) is 25.7 Å². The molecule has 0 aromatic rings. The summed E-state index contributed by atoms with van der Waals surface area (Å²) >= 11 is 0. The molecule has 0 spiro atoms. The van der Waals surface area contributed by atoms with Crippen molar-refractivity contribution in [2.24, 2.45) is 11.8 Å². The van der Waals surface area contributed by atoms with E-state index in [1.54, 1.807) is 0 Å². The van der Waals surface area contributed by atoms with Crippen molar-refractivity contribution in [1.29, 1.82) is 0 Å². The zero-order valence-electron chi connectivity index (χ0n) is 74.7. The van der Waals surface area contributed by atoms with Gasteiger partial charge in [-0.05, 0) is 37.5 Å². The molecule has 0 saturated heterocycles. The Balaban J connectivity index is 5.24. The van der Waals surface area contributed by atoms with Gasteiger partial charge in [0.25, 0.3) is 0 Å². The van der Waals surface area contributed by atoms with Crippen LogP contribution >= 0.6 is 15.6 Å². The lowest BCUT2D eigenvalue weighted by Gasteiger charge is -2.21. The minimum atomic E-state index is -4.97. The molecule has 0 aliphatic rings. The number of esters is 4. The molecule has 0 saturated carbocycles. The number of hydrogen-bond donors (Lipinski definition) is 3. The number of unbranched alkanes of at least 4 members (excludes halogenated alkanes) is 62. The Morgan fingerprint density at radius 2 is 0.451 bits per heavy atom. The number of hydrogen-bond acceptors (Lipinski definition) is 15. The maximum absolute atomic E-state index is 13.2. The molecular formula is C94H184O17P2. The van der Waals surface area contributed by atoms with Gasteiger partial charge in [0.15, 0.2) is 12.2 Å². The van der Waals surface area contributed by atoms with E-state index in [2.05, 4.69) is 41.5 Å². The van der Waals surface area contributed by atoms with Gasteiger partial charge in [0.05, 0.1) is 26.4 Å². The van der Waals surface area contributed by atoms with Crippen LogP contribution in [0.4, 0.5) is 0 Å². The summed E-state index contributed by atoms with van der Waals surface area (Å²) in [7, 11) is -9.94. The van der Waals surface area contributed by atoms with E-state index >= 15 is 0 Å². The van der Waals surface area contributed by atoms with E-state index in [4.69, 9.17) is 37.0 Å². The lowest BCUT2D eigenvalue weighted by Crippen LogP contribution is -2.30. The van der Waals surface area contributed by atoms with Crippen LogP contribution in [0.2, 0.25) is 0 Å². The highest BCUT2D eigenvalue weighted by atomic mass is 31.2. The first-order valence-corrected chi connectivity index (χ1v) is 51.5. The van der Waals surface area contributed by atoms with E-state index in [0.29, 0.717) is 25.7 Å². The van der Waals surface area contributed by atoms with Crippen molar-refractivity contribution in [2.45, 2.75) is 529 Å². The van der Waals surface area contributed by atoms with Crippen LogP contribution in [0.25, 0.3) is 0 Å². The zero-order valence-corrected chi connectivity index (χ0v) is 76.5. The Morgan fingerprint density at radius 1 is 0.257 bits per heavy atom. The summed E-state index contributed by atoms with van der Waals surface area (Å²) in [5, 5.41) is 10.7. The number of aliphatic hydroxyl groups excluding tert-OH is 1. The molecule has 0 aromatic heterocycles. The number of phosphoric acid groups is 2. The molecule has 0 rings (SSSR count). The molecule has 0 amide bonds. The topological polar surface area (TPSA) is 237 Å². The maximum atomic E-state index is 13.2. The minimum Gasteiger partial charge on any atom is -0.462 e. The monoisotopic (exact) mass is 1650 g/mol. The normalized spacial score (nSPS) is 13.9. The van der Waals surface area contributed by atoms with Crippen LogP contribution in [0.3, 0.4) is 0 Å². The van der Waals surface area contributed by atoms with Crippen LogP contribution in [0.5, 0.6) is 0 Å². The van der Waals surface area contributed by atoms with Crippen LogP contribution in [-0.4, -0.2) is 96.7 Å². The quantitative estimate of drug-likeness (QED) is 0.0222. The summed E-state index contributed by atoms with van der Waals surface area (Å²) in [5.41, 5.74) is 0. The lowest BCUT2D eigenvalue weighted by molar-refractivity contribution is -0.161. The summed E-state index contributed by atoms with van der Waals surface area (Å²) in [6.45, 7) is 9.76. The standard InChI is InChI=1S/C94H184O17P2/c1-7-10-12-14-16-18-20-22-24-26-28-30-35-39-43-47-51-58-64-70-76-91(96)104-82-89(110-93(98)78-72-67-61-53-49-45-41-37-33-32-34-38-42-46-50-56-62-68-74-86(4)5)84-108-112(100,101)106-80-88(95)81-107-113(102,103)109-85-90(83-105-92(97)77-71-65-59-55-54-57-63-69-75-87(6)9-3)111-94(99)79-73-66-60-52-48-44-40-36-31-29-27-25-23-21-19-17-15-13-11-8-2/h86-90,95H,7-85H2,1-6H3,(H,100,101)(H,102,103)/t87?,88-,89-,90-/m1/s1. The van der Waals surface area contributed by atoms with Crippen molar-refractivity contribution >= 4 is 39.5 Å². The molecule has 0 aromatic carbocycles. The van der Waals surface area contributed by atoms with Crippen LogP contribution in [0, 0.1) is 11.8 Å². The molecule has 672 valence electrons. The van der Waals surface area contributed by atoms with Gasteiger partial charge in [-0.25, -0.2) is 9.13 Å². The second-order valence-electron chi connectivity index (χ2n) is 34.5. The number of carbonyl (C=O) groups excluding carboxylic acids is 4. The van der Waals surface area contributed by atoms with Gasteiger partial charge in [-0.2, -0.15) is 0 Å². The summed E-state index contributed by atoms with van der Waals surface area (Å²) < 4.78 is 69.2. The number of ether oxygens (including phenoxy) is 4. The highest BCUT2D eigenvalue weighted by molar-refractivity contribution is 7.47. The first-order valence-electron chi connectivity index (χ1n) is 48.5. The molecule has 0 fully saturated rings. The predicted octanol–water partition coefficient (Wildman–Crippen LogP) is 29.4. The Morgan fingerprint density at radius 3 is 0.673 bits per heavy atom. The van der Waals surface area contributed by atoms with Crippen LogP contribution in [-0.2, 0) is 65.4 Å². The van der Waals surface area contributed by atoms with Crippen molar-refractivity contribution in [2.75, 3.05) is 39.6 Å². The van der Waals surface area contributed by atoms with E-state index in [1.165, 1.54) is 327 Å². The lowest BCUT2D eigenvalue weighted by atomic mass is 9.99. The first-order chi connectivity index (χ1) is 54.9. The molecule has 0 heterocycles. The zero-order chi connectivity index (χ0) is 82.7. The summed E-state index contributed by atoms with van der Waals surface area (Å²) in [4.78, 5) is 73.5. The molecule has 3 N–H and O–H groups in total. The largest absolute Gasteiger partial charge is 0.472 e. The molecule has 6 atom stereocenters. The second kappa shape index (κ2) is 85.1. The smallest absolute Gasteiger partial charge is 0.462 e. The number of aliphatic hydroxyl groups is 1. The molecular weight excluding hydrogens is 1460 g/mol. The fourth-order valence-corrected chi connectivity index (χ4v) is 16.4. The second-order valence-corrected chi connectivity index (χ2v) is 37.4. The third-order valence-corrected chi connectivity index (χ3v) is 24.5. The SMILES string of the molecule is CCCCCCCCCCCCCCCCCCCCCCC(=O)OC[C@H](COP(=O)(O)OC[C@@H](O)COP(=O)(O)OC[C@@H](COC(=O)CCCCCCCCCCC(C)CC)OC(=O)CCCCCCCCCCCCCCCCCCCCCC)OC(=O)CCCCCCCCCCCCCCCCCCCCC(C)C. The third kappa shape index (κ3) is 86.3. The summed E-state index contributed by atoms with van der Waals surface area (Å²) in [5.74, 6) is -0.495. The van der Waals surface area contributed by atoms with Crippen molar-refractivity contribution < 1.29 is 80.2 Å². The van der Waals surface area contributed by atoms with Crippen LogP contribution < -0.4 is 0 Å². The Kier molecular flexibility index (Phi) is 83.6. The molecule has 0 aliphatic heterocycles. The summed E-state index contributed by atoms with van der Waals surface area (Å²) in [6, 6.07) is 0. The Hall–Kier alpha value is -1.94. The molecule has 113 heavy (non-hydrogen) atoms. The van der Waals surface area contributed by atoms with Gasteiger partial charge >= 0.3 is 39.5 Å². The van der Waals surface area contributed by atoms with Crippen molar-refractivity contribution in [1.82, 2.24) is 0 Å². The van der Waals surface area contributed by atoms with E-state index in [1.807, 2.05) is 0 Å². The van der Waals surface area contributed by atoms with E-state index in [0.717, 1.165) is 102 Å². The number of carbonyl (C=O) groups is 4. The van der Waals surface area contributed by atoms with Crippen LogP contribution in [0.1, 0.15) is 510 Å². The fourth-order valence-electron chi connectivity index (χ4n) is 14.8.